The number of hydrogen-bond donors (Lipinski definition) is 0. The van der Waals surface area contributed by atoms with Gasteiger partial charge < -0.3 is 9.30 Å². The summed E-state index contributed by atoms with van der Waals surface area (Å²) in [4.78, 5) is 12.1. The Bertz CT molecular complexity index is 1550. The van der Waals surface area contributed by atoms with Crippen LogP contribution in [0.1, 0.15) is 6.92 Å². The van der Waals surface area contributed by atoms with Gasteiger partial charge in [-0.3, -0.25) is 0 Å². The van der Waals surface area contributed by atoms with Crippen LogP contribution in [0.2, 0.25) is 0 Å². The molecule has 5 aromatic rings. The Morgan fingerprint density at radius 1 is 0.774 bits per heavy atom. The number of para-hydroxylation sites is 2. The highest BCUT2D eigenvalue weighted by atomic mass is 16.5. The maximum Gasteiger partial charge on any atom is 0.338 e. The minimum absolute atomic E-state index is 0.376. The molecule has 0 unspecified atom stereocenters. The summed E-state index contributed by atoms with van der Waals surface area (Å²) < 4.78 is 7.90. The minimum Gasteiger partial charge on any atom is -0.423 e. The lowest BCUT2D eigenvalue weighted by atomic mass is 9.93. The normalized spacial score (nSPS) is 11.6. The lowest BCUT2D eigenvalue weighted by Crippen LogP contribution is -2.08. The molecule has 0 radical (unpaired) electrons. The number of rotatable bonds is 2. The fourth-order valence-corrected chi connectivity index (χ4v) is 4.62. The van der Waals surface area contributed by atoms with Crippen LogP contribution >= 0.6 is 0 Å². The molecule has 6 rings (SSSR count). The van der Waals surface area contributed by atoms with Gasteiger partial charge in [0.2, 0.25) is 0 Å². The molecular weight excluding hydrogens is 382 g/mol. The van der Waals surface area contributed by atoms with Crippen LogP contribution < -0.4 is 4.74 Å². The first-order chi connectivity index (χ1) is 15.1. The van der Waals surface area contributed by atoms with Crippen LogP contribution in [-0.4, -0.2) is 10.5 Å². The van der Waals surface area contributed by atoms with E-state index in [0.29, 0.717) is 11.3 Å². The average Bonchev–Trinajstić information content (AvgIpc) is 3.07. The van der Waals surface area contributed by atoms with Gasteiger partial charge in [0.05, 0.1) is 16.7 Å². The summed E-state index contributed by atoms with van der Waals surface area (Å²) >= 11 is 0. The monoisotopic (exact) mass is 401 g/mol. The molecule has 4 aromatic carbocycles. The summed E-state index contributed by atoms with van der Waals surface area (Å²) in [7, 11) is 0. The second-order valence-corrected chi connectivity index (χ2v) is 7.95. The van der Waals surface area contributed by atoms with Crippen molar-refractivity contribution >= 4 is 27.8 Å². The smallest absolute Gasteiger partial charge is 0.338 e. The largest absolute Gasteiger partial charge is 0.423 e. The van der Waals surface area contributed by atoms with Crippen LogP contribution in [0.15, 0.2) is 97.1 Å². The zero-order chi connectivity index (χ0) is 21.1. The third-order valence-electron chi connectivity index (χ3n) is 5.97. The van der Waals surface area contributed by atoms with E-state index in [1.807, 2.05) is 24.3 Å². The van der Waals surface area contributed by atoms with Gasteiger partial charge >= 0.3 is 5.97 Å². The van der Waals surface area contributed by atoms with E-state index in [-0.39, 0.29) is 0 Å². The Labute approximate surface area is 179 Å². The molecule has 31 heavy (non-hydrogen) atoms. The summed E-state index contributed by atoms with van der Waals surface area (Å²) in [5.74, 6) is 0.0964. The van der Waals surface area contributed by atoms with Crippen LogP contribution in [0.25, 0.3) is 49.7 Å². The highest BCUT2D eigenvalue weighted by molar-refractivity contribution is 6.16. The molecule has 0 N–H and O–H groups in total. The van der Waals surface area contributed by atoms with Crippen molar-refractivity contribution in [3.05, 3.63) is 97.1 Å². The Hall–Kier alpha value is -4.11. The van der Waals surface area contributed by atoms with Gasteiger partial charge in [-0.2, -0.15) is 0 Å². The number of benzene rings is 4. The predicted molar refractivity (Wildman–Crippen MR) is 126 cm³/mol. The molecule has 0 bridgehead atoms. The molecule has 2 heterocycles. The Balaban J connectivity index is 1.75. The number of hydrogen-bond acceptors (Lipinski definition) is 2. The highest BCUT2D eigenvalue weighted by Crippen LogP contribution is 2.47. The van der Waals surface area contributed by atoms with Crippen molar-refractivity contribution < 1.29 is 9.53 Å². The number of nitrogens with zero attached hydrogens (tertiary/aromatic N) is 1. The number of aromatic nitrogens is 1. The summed E-state index contributed by atoms with van der Waals surface area (Å²) in [6.07, 6.45) is 0. The SMILES string of the molecule is C=C(C)C(=O)Oc1ccc2c(c1)-c1ccccc1-c1cccc3c4ccccc4n-2c13. The molecule has 1 aliphatic heterocycles. The maximum atomic E-state index is 12.1. The quantitative estimate of drug-likeness (QED) is 0.179. The number of carbonyl (C=O) groups is 1. The number of ether oxygens (including phenoxy) is 1. The molecule has 1 aromatic heterocycles. The van der Waals surface area contributed by atoms with Gasteiger partial charge in [-0.15, -0.1) is 0 Å². The van der Waals surface area contributed by atoms with E-state index >= 15 is 0 Å². The zero-order valence-corrected chi connectivity index (χ0v) is 17.1. The van der Waals surface area contributed by atoms with Gasteiger partial charge in [-0.25, -0.2) is 4.79 Å². The topological polar surface area (TPSA) is 31.2 Å². The van der Waals surface area contributed by atoms with Crippen LogP contribution in [0.4, 0.5) is 0 Å². The van der Waals surface area contributed by atoms with E-state index in [9.17, 15) is 4.79 Å². The van der Waals surface area contributed by atoms with Crippen molar-refractivity contribution in [1.82, 2.24) is 4.57 Å². The van der Waals surface area contributed by atoms with Crippen LogP contribution in [-0.2, 0) is 4.79 Å². The van der Waals surface area contributed by atoms with Crippen molar-refractivity contribution in [1.29, 1.82) is 0 Å². The van der Waals surface area contributed by atoms with Gasteiger partial charge in [0, 0.05) is 27.5 Å². The van der Waals surface area contributed by atoms with Crippen molar-refractivity contribution in [2.24, 2.45) is 0 Å². The van der Waals surface area contributed by atoms with Crippen LogP contribution in [0.3, 0.4) is 0 Å². The van der Waals surface area contributed by atoms with E-state index in [2.05, 4.69) is 71.8 Å². The second-order valence-electron chi connectivity index (χ2n) is 7.95. The first kappa shape index (κ1) is 17.7. The molecular formula is C28H19NO2. The summed E-state index contributed by atoms with van der Waals surface area (Å²) in [5, 5.41) is 2.45. The van der Waals surface area contributed by atoms with Crippen molar-refractivity contribution in [2.45, 2.75) is 6.92 Å². The molecule has 0 aliphatic carbocycles. The average molecular weight is 401 g/mol. The molecule has 0 saturated carbocycles. The van der Waals surface area contributed by atoms with Gasteiger partial charge in [0.1, 0.15) is 5.75 Å². The van der Waals surface area contributed by atoms with Crippen molar-refractivity contribution in [3.63, 3.8) is 0 Å². The summed E-state index contributed by atoms with van der Waals surface area (Å²) in [5.41, 5.74) is 8.31. The van der Waals surface area contributed by atoms with Crippen molar-refractivity contribution in [3.8, 4) is 33.7 Å². The van der Waals surface area contributed by atoms with E-state index in [0.717, 1.165) is 22.3 Å². The van der Waals surface area contributed by atoms with Gasteiger partial charge in [-0.1, -0.05) is 67.2 Å². The third kappa shape index (κ3) is 2.50. The third-order valence-corrected chi connectivity index (χ3v) is 5.97. The summed E-state index contributed by atoms with van der Waals surface area (Å²) in [6.45, 7) is 5.34. The molecule has 0 fully saturated rings. The molecule has 0 amide bonds. The first-order valence-corrected chi connectivity index (χ1v) is 10.3. The zero-order valence-electron chi connectivity index (χ0n) is 17.1. The number of fused-ring (bicyclic) bond motifs is 8. The van der Waals surface area contributed by atoms with Gasteiger partial charge in [0.25, 0.3) is 0 Å². The molecule has 0 atom stereocenters. The standard InChI is InChI=1S/C28H19NO2/c1-17(2)28(30)31-18-14-15-26-24(16-18)20-9-4-3-8-19(20)22-11-7-12-23-21-10-5-6-13-25(21)29(26)27(22)23/h3-16H,1H2,2H3. The number of esters is 1. The minimum atomic E-state index is -0.418. The predicted octanol–water partition coefficient (Wildman–Crippen LogP) is 6.91. The lowest BCUT2D eigenvalue weighted by Gasteiger charge is -2.14. The molecule has 3 nitrogen and oxygen atoms in total. The van der Waals surface area contributed by atoms with E-state index in [4.69, 9.17) is 4.74 Å². The van der Waals surface area contributed by atoms with Crippen LogP contribution in [0, 0.1) is 0 Å². The Morgan fingerprint density at radius 2 is 1.45 bits per heavy atom. The fourth-order valence-electron chi connectivity index (χ4n) is 4.62. The molecule has 1 aliphatic rings. The molecule has 3 heteroatoms. The lowest BCUT2D eigenvalue weighted by molar-refractivity contribution is -0.130. The Kier molecular flexibility index (Phi) is 3.68. The maximum absolute atomic E-state index is 12.1. The highest BCUT2D eigenvalue weighted by Gasteiger charge is 2.24. The fraction of sp³-hybridized carbons (Fsp3) is 0.0357. The second kappa shape index (κ2) is 6.44. The molecule has 0 spiro atoms. The van der Waals surface area contributed by atoms with Gasteiger partial charge in [-0.05, 0) is 42.3 Å². The van der Waals surface area contributed by atoms with E-state index < -0.39 is 5.97 Å². The summed E-state index contributed by atoms with van der Waals surface area (Å²) in [6, 6.07) is 29.3. The van der Waals surface area contributed by atoms with E-state index in [1.54, 1.807) is 6.92 Å². The Morgan fingerprint density at radius 3 is 2.26 bits per heavy atom. The van der Waals surface area contributed by atoms with Crippen LogP contribution in [0.5, 0.6) is 5.75 Å². The molecule has 0 saturated heterocycles. The number of carbonyl (C=O) groups excluding carboxylic acids is 1. The van der Waals surface area contributed by atoms with E-state index in [1.165, 1.54) is 27.4 Å². The van der Waals surface area contributed by atoms with Crippen molar-refractivity contribution in [2.75, 3.05) is 0 Å². The first-order valence-electron chi connectivity index (χ1n) is 10.3. The molecule has 148 valence electrons. The van der Waals surface area contributed by atoms with Gasteiger partial charge in [0.15, 0.2) is 0 Å².